The average Bonchev–Trinajstić information content (AvgIpc) is 3.41. The van der Waals surface area contributed by atoms with E-state index in [1.54, 1.807) is 24.3 Å². The summed E-state index contributed by atoms with van der Waals surface area (Å²) in [5.41, 5.74) is 1.37. The van der Waals surface area contributed by atoms with Crippen molar-refractivity contribution < 1.29 is 14.7 Å². The van der Waals surface area contributed by atoms with Crippen LogP contribution in [0, 0.1) is 5.41 Å². The third kappa shape index (κ3) is 3.24. The molecule has 2 aromatic rings. The normalized spacial score (nSPS) is 16.2. The van der Waals surface area contributed by atoms with Gasteiger partial charge in [-0.2, -0.15) is 0 Å². The number of rotatable bonds is 6. The zero-order chi connectivity index (χ0) is 17.2. The topological polar surface area (TPSA) is 66.4 Å². The molecule has 1 aliphatic rings. The lowest BCUT2D eigenvalue weighted by Gasteiger charge is -2.23. The van der Waals surface area contributed by atoms with Crippen molar-refractivity contribution in [1.29, 1.82) is 0 Å². The summed E-state index contributed by atoms with van der Waals surface area (Å²) in [5.74, 6) is -0.404. The summed E-state index contributed by atoms with van der Waals surface area (Å²) < 4.78 is 0. The molecular formula is C20H21NO3. The highest BCUT2D eigenvalue weighted by atomic mass is 16.3. The van der Waals surface area contributed by atoms with Crippen molar-refractivity contribution >= 4 is 11.7 Å². The SMILES string of the molecule is CC(=O)c1ccccc1C(=O)NCC1(C(O)c2ccccc2)CC1. The molecule has 0 aliphatic heterocycles. The number of Topliss-reactive ketones (excluding diaryl/α,β-unsaturated/α-hetero) is 1. The maximum atomic E-state index is 12.5. The number of amides is 1. The molecule has 0 spiro atoms. The first kappa shape index (κ1) is 16.4. The molecule has 0 radical (unpaired) electrons. The second-order valence-corrected chi connectivity index (χ2v) is 6.46. The Morgan fingerprint density at radius 1 is 1.04 bits per heavy atom. The third-order valence-corrected chi connectivity index (χ3v) is 4.74. The van der Waals surface area contributed by atoms with E-state index in [4.69, 9.17) is 0 Å². The summed E-state index contributed by atoms with van der Waals surface area (Å²) in [7, 11) is 0. The highest BCUT2D eigenvalue weighted by Crippen LogP contribution is 2.54. The molecule has 1 saturated carbocycles. The predicted octanol–water partition coefficient (Wildman–Crippen LogP) is 3.13. The zero-order valence-electron chi connectivity index (χ0n) is 13.7. The molecule has 1 amide bonds. The van der Waals surface area contributed by atoms with Crippen LogP contribution in [0.25, 0.3) is 0 Å². The molecular weight excluding hydrogens is 302 g/mol. The van der Waals surface area contributed by atoms with E-state index in [0.29, 0.717) is 17.7 Å². The number of ketones is 1. The number of benzene rings is 2. The molecule has 1 atom stereocenters. The lowest BCUT2D eigenvalue weighted by Crippen LogP contribution is -2.34. The molecule has 0 bridgehead atoms. The maximum Gasteiger partial charge on any atom is 0.252 e. The molecule has 1 aliphatic carbocycles. The van der Waals surface area contributed by atoms with Crippen LogP contribution in [0.5, 0.6) is 0 Å². The Morgan fingerprint density at radius 3 is 2.21 bits per heavy atom. The molecule has 4 heteroatoms. The summed E-state index contributed by atoms with van der Waals surface area (Å²) >= 11 is 0. The monoisotopic (exact) mass is 323 g/mol. The van der Waals surface area contributed by atoms with Gasteiger partial charge in [0.05, 0.1) is 11.7 Å². The van der Waals surface area contributed by atoms with Crippen LogP contribution < -0.4 is 5.32 Å². The van der Waals surface area contributed by atoms with Crippen LogP contribution in [0.15, 0.2) is 54.6 Å². The molecule has 0 heterocycles. The minimum absolute atomic E-state index is 0.133. The minimum Gasteiger partial charge on any atom is -0.388 e. The van der Waals surface area contributed by atoms with Gasteiger partial charge in [-0.05, 0) is 31.4 Å². The van der Waals surface area contributed by atoms with Gasteiger partial charge in [0.25, 0.3) is 5.91 Å². The molecule has 0 saturated heterocycles. The number of carbonyl (C=O) groups is 2. The summed E-state index contributed by atoms with van der Waals surface area (Å²) in [4.78, 5) is 24.1. The number of hydrogen-bond acceptors (Lipinski definition) is 3. The second kappa shape index (κ2) is 6.57. The zero-order valence-corrected chi connectivity index (χ0v) is 13.7. The fourth-order valence-electron chi connectivity index (χ4n) is 3.04. The van der Waals surface area contributed by atoms with Gasteiger partial charge < -0.3 is 10.4 Å². The lowest BCUT2D eigenvalue weighted by molar-refractivity contribution is 0.0804. The largest absolute Gasteiger partial charge is 0.388 e. The van der Waals surface area contributed by atoms with Crippen LogP contribution in [0.3, 0.4) is 0 Å². The number of carbonyl (C=O) groups excluding carboxylic acids is 2. The molecule has 3 rings (SSSR count). The number of nitrogens with one attached hydrogen (secondary N) is 1. The lowest BCUT2D eigenvalue weighted by atomic mass is 9.92. The van der Waals surface area contributed by atoms with Gasteiger partial charge in [-0.15, -0.1) is 0 Å². The predicted molar refractivity (Wildman–Crippen MR) is 91.8 cm³/mol. The van der Waals surface area contributed by atoms with Gasteiger partial charge in [-0.25, -0.2) is 0 Å². The van der Waals surface area contributed by atoms with Crippen molar-refractivity contribution in [3.8, 4) is 0 Å². The van der Waals surface area contributed by atoms with E-state index < -0.39 is 6.10 Å². The Hall–Kier alpha value is -2.46. The van der Waals surface area contributed by atoms with Crippen molar-refractivity contribution in [2.75, 3.05) is 6.54 Å². The fraction of sp³-hybridized carbons (Fsp3) is 0.300. The number of hydrogen-bond donors (Lipinski definition) is 2. The van der Waals surface area contributed by atoms with Crippen molar-refractivity contribution in [2.24, 2.45) is 5.41 Å². The Labute approximate surface area is 141 Å². The Kier molecular flexibility index (Phi) is 4.49. The van der Waals surface area contributed by atoms with E-state index in [9.17, 15) is 14.7 Å². The Bertz CT molecular complexity index is 750. The maximum absolute atomic E-state index is 12.5. The van der Waals surface area contributed by atoms with Crippen molar-refractivity contribution in [1.82, 2.24) is 5.32 Å². The standard InChI is InChI=1S/C20H21NO3/c1-14(22)16-9-5-6-10-17(16)19(24)21-13-20(11-12-20)18(23)15-7-3-2-4-8-15/h2-10,18,23H,11-13H2,1H3,(H,21,24). The van der Waals surface area contributed by atoms with Crippen LogP contribution in [0.1, 0.15) is 52.1 Å². The van der Waals surface area contributed by atoms with Crippen LogP contribution in [0.2, 0.25) is 0 Å². The molecule has 4 nitrogen and oxygen atoms in total. The van der Waals surface area contributed by atoms with Gasteiger partial charge >= 0.3 is 0 Å². The van der Waals surface area contributed by atoms with Crippen molar-refractivity contribution in [3.05, 3.63) is 71.3 Å². The van der Waals surface area contributed by atoms with Gasteiger partial charge in [0.2, 0.25) is 0 Å². The van der Waals surface area contributed by atoms with E-state index in [1.807, 2.05) is 30.3 Å². The molecule has 0 aromatic heterocycles. The third-order valence-electron chi connectivity index (χ3n) is 4.74. The average molecular weight is 323 g/mol. The van der Waals surface area contributed by atoms with Gasteiger partial charge in [0.1, 0.15) is 0 Å². The molecule has 124 valence electrons. The van der Waals surface area contributed by atoms with Crippen molar-refractivity contribution in [2.45, 2.75) is 25.9 Å². The van der Waals surface area contributed by atoms with E-state index in [1.165, 1.54) is 6.92 Å². The van der Waals surface area contributed by atoms with E-state index in [-0.39, 0.29) is 17.1 Å². The van der Waals surface area contributed by atoms with Gasteiger partial charge in [0, 0.05) is 17.5 Å². The molecule has 1 unspecified atom stereocenters. The summed E-state index contributed by atoms with van der Waals surface area (Å²) in [6.45, 7) is 1.85. The van der Waals surface area contributed by atoms with Crippen molar-refractivity contribution in [3.63, 3.8) is 0 Å². The Balaban J connectivity index is 1.70. The summed E-state index contributed by atoms with van der Waals surface area (Å²) in [5, 5.41) is 13.5. The minimum atomic E-state index is -0.595. The first-order valence-corrected chi connectivity index (χ1v) is 8.15. The number of aliphatic hydroxyl groups is 1. The van der Waals surface area contributed by atoms with Crippen LogP contribution in [-0.4, -0.2) is 23.3 Å². The molecule has 24 heavy (non-hydrogen) atoms. The Morgan fingerprint density at radius 2 is 1.62 bits per heavy atom. The smallest absolute Gasteiger partial charge is 0.252 e. The van der Waals surface area contributed by atoms with E-state index >= 15 is 0 Å². The fourth-order valence-corrected chi connectivity index (χ4v) is 3.04. The number of aliphatic hydroxyl groups excluding tert-OH is 1. The van der Waals surface area contributed by atoms with Crippen LogP contribution >= 0.6 is 0 Å². The summed E-state index contributed by atoms with van der Waals surface area (Å²) in [6, 6.07) is 16.3. The first-order chi connectivity index (χ1) is 11.5. The highest BCUT2D eigenvalue weighted by Gasteiger charge is 2.49. The van der Waals surface area contributed by atoms with Gasteiger partial charge in [-0.3, -0.25) is 9.59 Å². The summed E-state index contributed by atoms with van der Waals surface area (Å²) in [6.07, 6.45) is 1.15. The second-order valence-electron chi connectivity index (χ2n) is 6.46. The van der Waals surface area contributed by atoms with Gasteiger partial charge in [0.15, 0.2) is 5.78 Å². The quantitative estimate of drug-likeness (QED) is 0.803. The van der Waals surface area contributed by atoms with E-state index in [2.05, 4.69) is 5.32 Å². The van der Waals surface area contributed by atoms with E-state index in [0.717, 1.165) is 18.4 Å². The highest BCUT2D eigenvalue weighted by molar-refractivity contribution is 6.07. The first-order valence-electron chi connectivity index (χ1n) is 8.15. The van der Waals surface area contributed by atoms with Gasteiger partial charge in [-0.1, -0.05) is 48.5 Å². The van der Waals surface area contributed by atoms with Crippen LogP contribution in [0.4, 0.5) is 0 Å². The van der Waals surface area contributed by atoms with Crippen LogP contribution in [-0.2, 0) is 0 Å². The molecule has 1 fully saturated rings. The molecule has 2 aromatic carbocycles. The molecule has 2 N–H and O–H groups in total.